The van der Waals surface area contributed by atoms with Gasteiger partial charge in [-0.15, -0.1) is 0 Å². The van der Waals surface area contributed by atoms with E-state index in [4.69, 9.17) is 11.6 Å². The lowest BCUT2D eigenvalue weighted by molar-refractivity contribution is 0.0949. The molecule has 7 heteroatoms. The Morgan fingerprint density at radius 1 is 1.53 bits per heavy atom. The van der Waals surface area contributed by atoms with E-state index >= 15 is 0 Å². The number of H-pyrrole nitrogens is 1. The Bertz CT molecular complexity index is 529. The number of aromatic amines is 1. The molecule has 0 saturated carbocycles. The number of aromatic nitrogens is 3. The Morgan fingerprint density at radius 3 is 3.06 bits per heavy atom. The molecule has 0 spiro atoms. The molecule has 0 bridgehead atoms. The van der Waals surface area contributed by atoms with Gasteiger partial charge in [0.25, 0.3) is 5.91 Å². The summed E-state index contributed by atoms with van der Waals surface area (Å²) in [5.41, 5.74) is 0.326. The first-order chi connectivity index (χ1) is 8.16. The Balaban J connectivity index is 2.07. The second-order valence-electron chi connectivity index (χ2n) is 3.21. The zero-order valence-corrected chi connectivity index (χ0v) is 10.9. The third-order valence-electron chi connectivity index (χ3n) is 2.02. The lowest BCUT2D eigenvalue weighted by Gasteiger charge is -2.05. The van der Waals surface area contributed by atoms with Gasteiger partial charge < -0.3 is 10.3 Å². The van der Waals surface area contributed by atoms with Gasteiger partial charge in [-0.25, -0.2) is 9.97 Å². The molecule has 0 aliphatic rings. The standard InChI is InChI=1S/C10H8BrClN4O/c11-6-3-7(9(12)15-4-6)10(17)16-5-8-13-1-2-14-8/h1-4H,5H2,(H,13,14)(H,16,17). The van der Waals surface area contributed by atoms with E-state index in [0.717, 1.165) is 0 Å². The molecule has 0 unspecified atom stereocenters. The number of hydrogen-bond donors (Lipinski definition) is 2. The highest BCUT2D eigenvalue weighted by Crippen LogP contribution is 2.17. The molecule has 5 nitrogen and oxygen atoms in total. The van der Waals surface area contributed by atoms with E-state index in [-0.39, 0.29) is 11.1 Å². The zero-order valence-electron chi connectivity index (χ0n) is 8.58. The SMILES string of the molecule is O=C(NCc1ncc[nH]1)c1cc(Br)cnc1Cl. The molecule has 0 aromatic carbocycles. The molecule has 2 N–H and O–H groups in total. The predicted octanol–water partition coefficient (Wildman–Crippen LogP) is 2.15. The van der Waals surface area contributed by atoms with Crippen LogP contribution < -0.4 is 5.32 Å². The highest BCUT2D eigenvalue weighted by Gasteiger charge is 2.11. The molecule has 17 heavy (non-hydrogen) atoms. The average Bonchev–Trinajstić information content (AvgIpc) is 2.82. The van der Waals surface area contributed by atoms with Crippen molar-refractivity contribution < 1.29 is 4.79 Å². The summed E-state index contributed by atoms with van der Waals surface area (Å²) >= 11 is 9.07. The van der Waals surface area contributed by atoms with Crippen molar-refractivity contribution in [2.45, 2.75) is 6.54 Å². The van der Waals surface area contributed by atoms with Crippen LogP contribution >= 0.6 is 27.5 Å². The fraction of sp³-hybridized carbons (Fsp3) is 0.100. The minimum atomic E-state index is -0.291. The molecule has 2 rings (SSSR count). The van der Waals surface area contributed by atoms with Gasteiger partial charge in [0.05, 0.1) is 12.1 Å². The van der Waals surface area contributed by atoms with Crippen molar-refractivity contribution in [2.24, 2.45) is 0 Å². The van der Waals surface area contributed by atoms with Crippen LogP contribution in [0.1, 0.15) is 16.2 Å². The van der Waals surface area contributed by atoms with Crippen LogP contribution in [0.5, 0.6) is 0 Å². The molecule has 1 amide bonds. The Morgan fingerprint density at radius 2 is 2.35 bits per heavy atom. The number of pyridine rings is 1. The number of nitrogens with zero attached hydrogens (tertiary/aromatic N) is 2. The van der Waals surface area contributed by atoms with E-state index in [0.29, 0.717) is 22.4 Å². The van der Waals surface area contributed by atoms with E-state index in [1.807, 2.05) is 0 Å². The Hall–Kier alpha value is -1.40. The molecular formula is C10H8BrClN4O. The topological polar surface area (TPSA) is 70.7 Å². The van der Waals surface area contributed by atoms with Crippen molar-refractivity contribution in [2.75, 3.05) is 0 Å². The summed E-state index contributed by atoms with van der Waals surface area (Å²) in [6.07, 6.45) is 4.84. The van der Waals surface area contributed by atoms with Gasteiger partial charge in [0, 0.05) is 23.1 Å². The van der Waals surface area contributed by atoms with Crippen LogP contribution in [0.25, 0.3) is 0 Å². The van der Waals surface area contributed by atoms with E-state index < -0.39 is 0 Å². The average molecular weight is 316 g/mol. The van der Waals surface area contributed by atoms with Crippen molar-refractivity contribution in [1.29, 1.82) is 0 Å². The molecule has 0 aliphatic heterocycles. The highest BCUT2D eigenvalue weighted by atomic mass is 79.9. The highest BCUT2D eigenvalue weighted by molar-refractivity contribution is 9.10. The fourth-order valence-electron chi connectivity index (χ4n) is 1.24. The third-order valence-corrected chi connectivity index (χ3v) is 2.76. The van der Waals surface area contributed by atoms with Gasteiger partial charge in [-0.3, -0.25) is 4.79 Å². The Kier molecular flexibility index (Phi) is 3.75. The number of halogens is 2. The fourth-order valence-corrected chi connectivity index (χ4v) is 1.76. The molecule has 0 aliphatic carbocycles. The van der Waals surface area contributed by atoms with Gasteiger partial charge >= 0.3 is 0 Å². The molecule has 0 fully saturated rings. The third kappa shape index (κ3) is 3.04. The van der Waals surface area contributed by atoms with E-state index in [1.165, 1.54) is 6.20 Å². The van der Waals surface area contributed by atoms with Crippen LogP contribution in [0.3, 0.4) is 0 Å². The summed E-state index contributed by atoms with van der Waals surface area (Å²) in [6, 6.07) is 1.62. The van der Waals surface area contributed by atoms with Gasteiger partial charge in [0.2, 0.25) is 0 Å². The first-order valence-corrected chi connectivity index (χ1v) is 5.91. The number of carbonyl (C=O) groups excluding carboxylic acids is 1. The van der Waals surface area contributed by atoms with Crippen molar-refractivity contribution >= 4 is 33.4 Å². The van der Waals surface area contributed by atoms with Crippen LogP contribution in [0.15, 0.2) is 29.1 Å². The van der Waals surface area contributed by atoms with Crippen LogP contribution in [0.4, 0.5) is 0 Å². The molecule has 2 aromatic rings. The Labute approximate surface area is 111 Å². The summed E-state index contributed by atoms with van der Waals surface area (Å²) in [4.78, 5) is 22.6. The number of rotatable bonds is 3. The molecule has 88 valence electrons. The van der Waals surface area contributed by atoms with Crippen molar-refractivity contribution in [1.82, 2.24) is 20.3 Å². The lowest BCUT2D eigenvalue weighted by Crippen LogP contribution is -2.24. The van der Waals surface area contributed by atoms with Gasteiger partial charge in [-0.2, -0.15) is 0 Å². The van der Waals surface area contributed by atoms with E-state index in [1.54, 1.807) is 18.5 Å². The van der Waals surface area contributed by atoms with Gasteiger partial charge in [-0.1, -0.05) is 11.6 Å². The molecule has 2 aromatic heterocycles. The number of imidazole rings is 1. The number of carbonyl (C=O) groups is 1. The van der Waals surface area contributed by atoms with Gasteiger partial charge in [0.1, 0.15) is 11.0 Å². The number of nitrogens with one attached hydrogen (secondary N) is 2. The minimum Gasteiger partial charge on any atom is -0.347 e. The second-order valence-corrected chi connectivity index (χ2v) is 4.48. The van der Waals surface area contributed by atoms with Crippen LogP contribution in [0, 0.1) is 0 Å². The normalized spacial score (nSPS) is 10.2. The minimum absolute atomic E-state index is 0.171. The van der Waals surface area contributed by atoms with E-state index in [9.17, 15) is 4.79 Å². The summed E-state index contributed by atoms with van der Waals surface area (Å²) in [5.74, 6) is 0.387. The van der Waals surface area contributed by atoms with Gasteiger partial charge in [-0.05, 0) is 22.0 Å². The summed E-state index contributed by atoms with van der Waals surface area (Å²) in [7, 11) is 0. The van der Waals surface area contributed by atoms with Crippen molar-refractivity contribution in [3.8, 4) is 0 Å². The van der Waals surface area contributed by atoms with E-state index in [2.05, 4.69) is 36.2 Å². The number of hydrogen-bond acceptors (Lipinski definition) is 3. The monoisotopic (exact) mass is 314 g/mol. The first kappa shape index (κ1) is 12.1. The molecular weight excluding hydrogens is 307 g/mol. The predicted molar refractivity (Wildman–Crippen MR) is 66.7 cm³/mol. The summed E-state index contributed by atoms with van der Waals surface area (Å²) in [6.45, 7) is 0.314. The van der Waals surface area contributed by atoms with Gasteiger partial charge in [0.15, 0.2) is 0 Å². The second kappa shape index (κ2) is 5.29. The maximum atomic E-state index is 11.8. The summed E-state index contributed by atoms with van der Waals surface area (Å²) in [5, 5.41) is 2.86. The van der Waals surface area contributed by atoms with Crippen LogP contribution in [-0.2, 0) is 6.54 Å². The zero-order chi connectivity index (χ0) is 12.3. The van der Waals surface area contributed by atoms with Crippen LogP contribution in [0.2, 0.25) is 5.15 Å². The van der Waals surface area contributed by atoms with Crippen LogP contribution in [-0.4, -0.2) is 20.9 Å². The molecule has 0 radical (unpaired) electrons. The largest absolute Gasteiger partial charge is 0.347 e. The maximum Gasteiger partial charge on any atom is 0.254 e. The molecule has 2 heterocycles. The maximum absolute atomic E-state index is 11.8. The lowest BCUT2D eigenvalue weighted by atomic mass is 10.2. The summed E-state index contributed by atoms with van der Waals surface area (Å²) < 4.78 is 0.699. The molecule has 0 atom stereocenters. The first-order valence-electron chi connectivity index (χ1n) is 4.74. The number of amides is 1. The smallest absolute Gasteiger partial charge is 0.254 e. The van der Waals surface area contributed by atoms with Crippen molar-refractivity contribution in [3.63, 3.8) is 0 Å². The van der Waals surface area contributed by atoms with Crippen molar-refractivity contribution in [3.05, 3.63) is 45.7 Å². The molecule has 0 saturated heterocycles. The quantitative estimate of drug-likeness (QED) is 0.853.